The Morgan fingerprint density at radius 3 is 2.27 bits per heavy atom. The van der Waals surface area contributed by atoms with E-state index in [0.717, 1.165) is 19.3 Å². The van der Waals surface area contributed by atoms with Crippen LogP contribution in [-0.4, -0.2) is 26.5 Å². The summed E-state index contributed by atoms with van der Waals surface area (Å²) >= 11 is 0. The first kappa shape index (κ1) is 13.0. The van der Waals surface area contributed by atoms with Crippen molar-refractivity contribution in [1.82, 2.24) is 0 Å². The van der Waals surface area contributed by atoms with Gasteiger partial charge in [0.2, 0.25) is 0 Å². The topological polar surface area (TPSA) is 60.2 Å². The van der Waals surface area contributed by atoms with Crippen molar-refractivity contribution in [2.75, 3.05) is 18.1 Å². The predicted octanol–water partition coefficient (Wildman–Crippen LogP) is 1.72. The maximum Gasteiger partial charge on any atom is 0.150 e. The van der Waals surface area contributed by atoms with Crippen LogP contribution >= 0.6 is 0 Å². The summed E-state index contributed by atoms with van der Waals surface area (Å²) < 4.78 is 22.9. The van der Waals surface area contributed by atoms with Crippen LogP contribution in [0.1, 0.15) is 45.4 Å². The molecule has 0 bridgehead atoms. The summed E-state index contributed by atoms with van der Waals surface area (Å²) in [6.07, 6.45) is 6.69. The molecule has 0 aromatic heterocycles. The molecule has 0 spiro atoms. The number of rotatable bonds is 5. The van der Waals surface area contributed by atoms with Gasteiger partial charge in [0, 0.05) is 5.75 Å². The molecule has 3 nitrogen and oxygen atoms in total. The van der Waals surface area contributed by atoms with E-state index in [9.17, 15) is 8.42 Å². The third-order valence-corrected chi connectivity index (χ3v) is 5.44. The Morgan fingerprint density at radius 1 is 1.20 bits per heavy atom. The van der Waals surface area contributed by atoms with Crippen LogP contribution in [0.5, 0.6) is 0 Å². The minimum atomic E-state index is -2.82. The normalized spacial score (nSPS) is 21.5. The zero-order chi connectivity index (χ0) is 11.4. The lowest BCUT2D eigenvalue weighted by atomic mass is 9.72. The molecule has 1 saturated carbocycles. The smallest absolute Gasteiger partial charge is 0.150 e. The first-order valence-corrected chi connectivity index (χ1v) is 7.76. The minimum Gasteiger partial charge on any atom is -0.330 e. The van der Waals surface area contributed by atoms with E-state index in [1.807, 2.05) is 0 Å². The van der Waals surface area contributed by atoms with Gasteiger partial charge in [-0.1, -0.05) is 26.2 Å². The van der Waals surface area contributed by atoms with Crippen molar-refractivity contribution in [3.05, 3.63) is 0 Å². The number of sulfone groups is 1. The molecule has 0 aromatic carbocycles. The monoisotopic (exact) mass is 233 g/mol. The Bertz CT molecular complexity index is 279. The summed E-state index contributed by atoms with van der Waals surface area (Å²) in [6, 6.07) is 0. The van der Waals surface area contributed by atoms with E-state index in [0.29, 0.717) is 12.3 Å². The molecule has 0 aromatic rings. The highest BCUT2D eigenvalue weighted by Gasteiger charge is 2.31. The van der Waals surface area contributed by atoms with Gasteiger partial charge in [-0.2, -0.15) is 0 Å². The van der Waals surface area contributed by atoms with Crippen molar-refractivity contribution in [2.24, 2.45) is 11.1 Å². The molecule has 4 heteroatoms. The molecule has 0 heterocycles. The summed E-state index contributed by atoms with van der Waals surface area (Å²) in [5, 5.41) is 0. The van der Waals surface area contributed by atoms with Crippen LogP contribution in [0, 0.1) is 5.41 Å². The summed E-state index contributed by atoms with van der Waals surface area (Å²) in [5.74, 6) is 0.578. The molecule has 0 aliphatic heterocycles. The van der Waals surface area contributed by atoms with Crippen molar-refractivity contribution in [1.29, 1.82) is 0 Å². The fourth-order valence-corrected chi connectivity index (χ4v) is 3.41. The summed E-state index contributed by atoms with van der Waals surface area (Å²) in [6.45, 7) is 2.36. The Hall–Kier alpha value is -0.0900. The third kappa shape index (κ3) is 3.76. The van der Waals surface area contributed by atoms with Crippen molar-refractivity contribution >= 4 is 9.84 Å². The second-order valence-corrected chi connectivity index (χ2v) is 7.22. The minimum absolute atomic E-state index is 0.125. The zero-order valence-electron chi connectivity index (χ0n) is 9.67. The van der Waals surface area contributed by atoms with Crippen molar-refractivity contribution in [2.45, 2.75) is 45.4 Å². The molecular formula is C11H23NO2S. The summed E-state index contributed by atoms with van der Waals surface area (Å²) in [5.41, 5.74) is 5.94. The van der Waals surface area contributed by atoms with E-state index in [2.05, 4.69) is 0 Å². The quantitative estimate of drug-likeness (QED) is 0.786. The van der Waals surface area contributed by atoms with Crippen LogP contribution in [0.4, 0.5) is 0 Å². The fourth-order valence-electron chi connectivity index (χ4n) is 2.37. The van der Waals surface area contributed by atoms with Gasteiger partial charge in [0.1, 0.15) is 9.84 Å². The lowest BCUT2D eigenvalue weighted by molar-refractivity contribution is 0.192. The SMILES string of the molecule is CCS(=O)(=O)CCC1(CN)CCCCC1. The molecule has 15 heavy (non-hydrogen) atoms. The first-order chi connectivity index (χ1) is 7.04. The lowest BCUT2D eigenvalue weighted by Crippen LogP contribution is -2.34. The maximum atomic E-state index is 11.5. The molecule has 0 amide bonds. The highest BCUT2D eigenvalue weighted by molar-refractivity contribution is 7.91. The predicted molar refractivity (Wildman–Crippen MR) is 63.5 cm³/mol. The van der Waals surface area contributed by atoms with Gasteiger partial charge in [-0.15, -0.1) is 0 Å². The Labute approximate surface area is 93.3 Å². The van der Waals surface area contributed by atoms with Crippen molar-refractivity contribution in [3.63, 3.8) is 0 Å². The molecule has 0 radical (unpaired) electrons. The molecule has 1 aliphatic rings. The van der Waals surface area contributed by atoms with Gasteiger partial charge in [0.15, 0.2) is 0 Å². The van der Waals surface area contributed by atoms with Crippen LogP contribution in [0.25, 0.3) is 0 Å². The zero-order valence-corrected chi connectivity index (χ0v) is 10.5. The average Bonchev–Trinajstić information content (AvgIpc) is 2.28. The van der Waals surface area contributed by atoms with E-state index in [-0.39, 0.29) is 11.2 Å². The molecular weight excluding hydrogens is 210 g/mol. The van der Waals surface area contributed by atoms with Crippen molar-refractivity contribution in [3.8, 4) is 0 Å². The van der Waals surface area contributed by atoms with Crippen LogP contribution < -0.4 is 5.73 Å². The van der Waals surface area contributed by atoms with E-state index < -0.39 is 9.84 Å². The average molecular weight is 233 g/mol. The molecule has 1 fully saturated rings. The number of hydrogen-bond acceptors (Lipinski definition) is 3. The Balaban J connectivity index is 2.53. The van der Waals surface area contributed by atoms with Crippen LogP contribution in [0.15, 0.2) is 0 Å². The van der Waals surface area contributed by atoms with Gasteiger partial charge in [0.25, 0.3) is 0 Å². The van der Waals surface area contributed by atoms with Crippen LogP contribution in [0.2, 0.25) is 0 Å². The standard InChI is InChI=1S/C11H23NO2S/c1-2-15(13,14)9-8-11(10-12)6-4-3-5-7-11/h2-10,12H2,1H3. The fraction of sp³-hybridized carbons (Fsp3) is 1.00. The summed E-state index contributed by atoms with van der Waals surface area (Å²) in [7, 11) is -2.82. The molecule has 90 valence electrons. The van der Waals surface area contributed by atoms with E-state index in [1.165, 1.54) is 19.3 Å². The molecule has 1 rings (SSSR count). The van der Waals surface area contributed by atoms with Gasteiger partial charge >= 0.3 is 0 Å². The van der Waals surface area contributed by atoms with Gasteiger partial charge in [-0.05, 0) is 31.2 Å². The molecule has 0 saturated heterocycles. The molecule has 1 aliphatic carbocycles. The highest BCUT2D eigenvalue weighted by atomic mass is 32.2. The number of hydrogen-bond donors (Lipinski definition) is 1. The van der Waals surface area contributed by atoms with Gasteiger partial charge in [-0.3, -0.25) is 0 Å². The molecule has 0 atom stereocenters. The van der Waals surface area contributed by atoms with Crippen molar-refractivity contribution < 1.29 is 8.42 Å². The Morgan fingerprint density at radius 2 is 1.80 bits per heavy atom. The Kier molecular flexibility index (Phi) is 4.59. The highest BCUT2D eigenvalue weighted by Crippen LogP contribution is 2.38. The molecule has 2 N–H and O–H groups in total. The van der Waals surface area contributed by atoms with E-state index in [1.54, 1.807) is 6.92 Å². The first-order valence-electron chi connectivity index (χ1n) is 5.94. The maximum absolute atomic E-state index is 11.5. The second-order valence-electron chi connectivity index (χ2n) is 4.75. The number of nitrogens with two attached hydrogens (primary N) is 1. The summed E-state index contributed by atoms with van der Waals surface area (Å²) in [4.78, 5) is 0. The van der Waals surface area contributed by atoms with E-state index in [4.69, 9.17) is 5.73 Å². The van der Waals surface area contributed by atoms with Gasteiger partial charge in [0.05, 0.1) is 5.75 Å². The van der Waals surface area contributed by atoms with Crippen LogP contribution in [-0.2, 0) is 9.84 Å². The van der Waals surface area contributed by atoms with Gasteiger partial charge < -0.3 is 5.73 Å². The molecule has 0 unspecified atom stereocenters. The third-order valence-electron chi connectivity index (χ3n) is 3.73. The van der Waals surface area contributed by atoms with Crippen LogP contribution in [0.3, 0.4) is 0 Å². The second kappa shape index (κ2) is 5.30. The van der Waals surface area contributed by atoms with E-state index >= 15 is 0 Å². The van der Waals surface area contributed by atoms with Gasteiger partial charge in [-0.25, -0.2) is 8.42 Å². The largest absolute Gasteiger partial charge is 0.330 e. The lowest BCUT2D eigenvalue weighted by Gasteiger charge is -2.36.